The van der Waals surface area contributed by atoms with Crippen molar-refractivity contribution in [1.82, 2.24) is 0 Å². The second-order valence-corrected chi connectivity index (χ2v) is 6.81. The number of quaternary nitrogens is 2. The molecule has 0 unspecified atom stereocenters. The van der Waals surface area contributed by atoms with E-state index in [9.17, 15) is 0 Å². The van der Waals surface area contributed by atoms with Crippen LogP contribution in [0.25, 0.3) is 0 Å². The lowest BCUT2D eigenvalue weighted by molar-refractivity contribution is -0.909. The van der Waals surface area contributed by atoms with E-state index in [0.29, 0.717) is 6.61 Å². The first-order chi connectivity index (χ1) is 11.7. The maximum atomic E-state index is 5.66. The number of hydrogen-bond donors (Lipinski definition) is 2. The van der Waals surface area contributed by atoms with Crippen LogP contribution in [0.3, 0.4) is 0 Å². The maximum absolute atomic E-state index is 5.66. The second kappa shape index (κ2) is 10.7. The Balaban J connectivity index is 1.77. The van der Waals surface area contributed by atoms with E-state index in [-0.39, 0.29) is 0 Å². The standard InChI is InChI=1S/C18H27BrN2O3/c1-3-9-24-18-16(19)12-15(13-17(18)22-2)14-20-5-4-6-21-7-10-23-11-8-21/h3,12-13,20H,1,4-11,14H2,2H3/p+2. The van der Waals surface area contributed by atoms with Crippen molar-refractivity contribution in [2.75, 3.05) is 53.1 Å². The van der Waals surface area contributed by atoms with Gasteiger partial charge in [0, 0.05) is 12.0 Å². The van der Waals surface area contributed by atoms with Crippen molar-refractivity contribution in [3.8, 4) is 11.5 Å². The van der Waals surface area contributed by atoms with Crippen molar-refractivity contribution in [2.24, 2.45) is 0 Å². The lowest BCUT2D eigenvalue weighted by Gasteiger charge is -2.23. The fourth-order valence-corrected chi connectivity index (χ4v) is 3.45. The number of rotatable bonds is 10. The van der Waals surface area contributed by atoms with Gasteiger partial charge in [0.05, 0.1) is 37.9 Å². The second-order valence-electron chi connectivity index (χ2n) is 5.96. The predicted octanol–water partition coefficient (Wildman–Crippen LogP) is 0.391. The molecular formula is C18H29BrN2O3+2. The van der Waals surface area contributed by atoms with Crippen molar-refractivity contribution in [1.29, 1.82) is 0 Å². The van der Waals surface area contributed by atoms with Crippen molar-refractivity contribution in [3.05, 3.63) is 34.8 Å². The molecule has 6 heteroatoms. The number of hydrogen-bond acceptors (Lipinski definition) is 3. The normalized spacial score (nSPS) is 15.2. The summed E-state index contributed by atoms with van der Waals surface area (Å²) in [6.45, 7) is 11.6. The molecule has 1 aliphatic rings. The number of morpholine rings is 1. The molecule has 1 aromatic rings. The Morgan fingerprint density at radius 2 is 2.17 bits per heavy atom. The highest BCUT2D eigenvalue weighted by Gasteiger charge is 2.14. The van der Waals surface area contributed by atoms with Crippen LogP contribution in [0.5, 0.6) is 11.5 Å². The van der Waals surface area contributed by atoms with Crippen LogP contribution in [0.15, 0.2) is 29.3 Å². The van der Waals surface area contributed by atoms with Crippen molar-refractivity contribution in [3.63, 3.8) is 0 Å². The topological polar surface area (TPSA) is 48.7 Å². The van der Waals surface area contributed by atoms with E-state index in [1.54, 1.807) is 18.1 Å². The number of halogens is 1. The van der Waals surface area contributed by atoms with Gasteiger partial charge in [0.15, 0.2) is 11.5 Å². The molecule has 0 saturated carbocycles. The summed E-state index contributed by atoms with van der Waals surface area (Å²) < 4.78 is 17.4. The van der Waals surface area contributed by atoms with E-state index < -0.39 is 0 Å². The van der Waals surface area contributed by atoms with E-state index in [1.807, 2.05) is 6.07 Å². The van der Waals surface area contributed by atoms with Gasteiger partial charge in [-0.15, -0.1) is 0 Å². The summed E-state index contributed by atoms with van der Waals surface area (Å²) in [7, 11) is 1.67. The molecule has 24 heavy (non-hydrogen) atoms. The average Bonchev–Trinajstić information content (AvgIpc) is 2.61. The summed E-state index contributed by atoms with van der Waals surface area (Å²) in [5.74, 6) is 1.49. The van der Waals surface area contributed by atoms with Crippen LogP contribution in [0.4, 0.5) is 0 Å². The fourth-order valence-electron chi connectivity index (χ4n) is 2.85. The molecule has 134 valence electrons. The number of methoxy groups -OCH3 is 1. The van der Waals surface area contributed by atoms with Crippen LogP contribution < -0.4 is 19.7 Å². The molecule has 5 nitrogen and oxygen atoms in total. The molecule has 1 aromatic carbocycles. The summed E-state index contributed by atoms with van der Waals surface area (Å²) in [5, 5.41) is 2.35. The molecule has 0 bridgehead atoms. The highest BCUT2D eigenvalue weighted by Crippen LogP contribution is 2.36. The summed E-state index contributed by atoms with van der Waals surface area (Å²) in [6, 6.07) is 4.15. The Bertz CT molecular complexity index is 519. The minimum Gasteiger partial charge on any atom is -0.493 e. The van der Waals surface area contributed by atoms with E-state index in [1.165, 1.54) is 18.5 Å². The molecule has 0 spiro atoms. The van der Waals surface area contributed by atoms with Crippen LogP contribution >= 0.6 is 15.9 Å². The zero-order valence-corrected chi connectivity index (χ0v) is 16.1. The lowest BCUT2D eigenvalue weighted by Crippen LogP contribution is -3.14. The Hall–Kier alpha value is -1.08. The van der Waals surface area contributed by atoms with Crippen molar-refractivity contribution >= 4 is 15.9 Å². The highest BCUT2D eigenvalue weighted by molar-refractivity contribution is 9.10. The van der Waals surface area contributed by atoms with Gasteiger partial charge in [0.25, 0.3) is 0 Å². The first-order valence-corrected chi connectivity index (χ1v) is 9.37. The van der Waals surface area contributed by atoms with Crippen LogP contribution in [0, 0.1) is 0 Å². The van der Waals surface area contributed by atoms with Crippen LogP contribution in [0.1, 0.15) is 12.0 Å². The van der Waals surface area contributed by atoms with Crippen LogP contribution in [0.2, 0.25) is 0 Å². The quantitative estimate of drug-likeness (QED) is 0.441. The molecule has 2 rings (SSSR count). The van der Waals surface area contributed by atoms with Gasteiger partial charge in [0.2, 0.25) is 0 Å². The van der Waals surface area contributed by atoms with Crippen molar-refractivity contribution in [2.45, 2.75) is 13.0 Å². The third-order valence-corrected chi connectivity index (χ3v) is 4.74. The minimum atomic E-state index is 0.463. The van der Waals surface area contributed by atoms with E-state index >= 15 is 0 Å². The van der Waals surface area contributed by atoms with Gasteiger partial charge in [-0.05, 0) is 28.1 Å². The molecule has 0 atom stereocenters. The summed E-state index contributed by atoms with van der Waals surface area (Å²) in [4.78, 5) is 1.67. The number of ether oxygens (including phenoxy) is 3. The summed E-state index contributed by atoms with van der Waals surface area (Å²) >= 11 is 3.58. The Morgan fingerprint density at radius 3 is 2.88 bits per heavy atom. The van der Waals surface area contributed by atoms with E-state index in [2.05, 4.69) is 33.9 Å². The molecule has 0 aliphatic carbocycles. The van der Waals surface area contributed by atoms with E-state index in [0.717, 1.165) is 55.4 Å². The first kappa shape index (κ1) is 19.2. The van der Waals surface area contributed by atoms with Crippen LogP contribution in [-0.4, -0.2) is 53.1 Å². The molecule has 1 saturated heterocycles. The Kier molecular flexibility index (Phi) is 8.59. The fraction of sp³-hybridized carbons (Fsp3) is 0.556. The molecule has 0 amide bonds. The SMILES string of the molecule is C=CCOc1c(Br)cc(C[NH2+]CCC[NH+]2CCOCC2)cc1OC. The molecular weight excluding hydrogens is 372 g/mol. The third kappa shape index (κ3) is 6.09. The lowest BCUT2D eigenvalue weighted by atomic mass is 10.2. The number of nitrogens with one attached hydrogen (secondary N) is 1. The molecule has 1 heterocycles. The smallest absolute Gasteiger partial charge is 0.175 e. The molecule has 0 radical (unpaired) electrons. The summed E-state index contributed by atoms with van der Waals surface area (Å²) in [6.07, 6.45) is 2.96. The first-order valence-electron chi connectivity index (χ1n) is 8.57. The zero-order valence-electron chi connectivity index (χ0n) is 14.5. The van der Waals surface area contributed by atoms with Gasteiger partial charge < -0.3 is 24.4 Å². The molecule has 3 N–H and O–H groups in total. The zero-order chi connectivity index (χ0) is 17.2. The van der Waals surface area contributed by atoms with Crippen molar-refractivity contribution < 1.29 is 24.4 Å². The Morgan fingerprint density at radius 1 is 1.38 bits per heavy atom. The van der Waals surface area contributed by atoms with Gasteiger partial charge in [-0.1, -0.05) is 12.7 Å². The molecule has 1 aliphatic heterocycles. The van der Waals surface area contributed by atoms with Gasteiger partial charge in [0.1, 0.15) is 26.2 Å². The number of nitrogens with two attached hydrogens (primary N) is 1. The number of benzene rings is 1. The van der Waals surface area contributed by atoms with Gasteiger partial charge in [-0.3, -0.25) is 0 Å². The third-order valence-electron chi connectivity index (χ3n) is 4.15. The van der Waals surface area contributed by atoms with Gasteiger partial charge in [-0.2, -0.15) is 0 Å². The van der Waals surface area contributed by atoms with Crippen LogP contribution in [-0.2, 0) is 11.3 Å². The maximum Gasteiger partial charge on any atom is 0.175 e. The predicted molar refractivity (Wildman–Crippen MR) is 97.9 cm³/mol. The highest BCUT2D eigenvalue weighted by atomic mass is 79.9. The van der Waals surface area contributed by atoms with Gasteiger partial charge in [-0.25, -0.2) is 0 Å². The monoisotopic (exact) mass is 400 g/mol. The summed E-state index contributed by atoms with van der Waals surface area (Å²) in [5.41, 5.74) is 1.23. The molecule has 0 aromatic heterocycles. The minimum absolute atomic E-state index is 0.463. The Labute approximate surface area is 153 Å². The average molecular weight is 401 g/mol. The molecule has 1 fully saturated rings. The largest absolute Gasteiger partial charge is 0.493 e. The van der Waals surface area contributed by atoms with E-state index in [4.69, 9.17) is 14.2 Å². The van der Waals surface area contributed by atoms with Gasteiger partial charge >= 0.3 is 0 Å².